The molecule has 0 spiro atoms. The summed E-state index contributed by atoms with van der Waals surface area (Å²) in [6, 6.07) is 15.0. The molecule has 1 saturated heterocycles. The van der Waals surface area contributed by atoms with Gasteiger partial charge >= 0.3 is 6.18 Å². The Labute approximate surface area is 195 Å². The molecule has 1 aliphatic heterocycles. The number of halogens is 3. The van der Waals surface area contributed by atoms with Crippen molar-refractivity contribution < 1.29 is 27.1 Å². The first-order chi connectivity index (χ1) is 16.4. The molecule has 9 heteroatoms. The zero-order valence-corrected chi connectivity index (χ0v) is 18.6. The van der Waals surface area contributed by atoms with Crippen molar-refractivity contribution in [3.63, 3.8) is 0 Å². The van der Waals surface area contributed by atoms with Gasteiger partial charge in [-0.25, -0.2) is 4.98 Å². The number of carbonyl (C=O) groups is 1. The number of aromatic nitrogens is 1. The van der Waals surface area contributed by atoms with Gasteiger partial charge in [-0.3, -0.25) is 9.69 Å². The van der Waals surface area contributed by atoms with E-state index in [4.69, 9.17) is 9.15 Å². The van der Waals surface area contributed by atoms with Crippen LogP contribution in [0.25, 0.3) is 0 Å². The Morgan fingerprint density at radius 2 is 1.82 bits per heavy atom. The number of rotatable bonds is 9. The Balaban J connectivity index is 1.47. The highest BCUT2D eigenvalue weighted by Gasteiger charge is 2.33. The maximum atomic E-state index is 13.5. The van der Waals surface area contributed by atoms with Gasteiger partial charge < -0.3 is 14.5 Å². The van der Waals surface area contributed by atoms with Crippen molar-refractivity contribution in [3.8, 4) is 0 Å². The van der Waals surface area contributed by atoms with Crippen molar-refractivity contribution in [2.75, 3.05) is 13.2 Å². The highest BCUT2D eigenvalue weighted by atomic mass is 19.4. The van der Waals surface area contributed by atoms with Crippen LogP contribution in [0.5, 0.6) is 0 Å². The van der Waals surface area contributed by atoms with Crippen LogP contribution in [0.1, 0.15) is 45.9 Å². The molecule has 6 nitrogen and oxygen atoms in total. The summed E-state index contributed by atoms with van der Waals surface area (Å²) >= 11 is 0. The van der Waals surface area contributed by atoms with Crippen LogP contribution in [0.4, 0.5) is 13.2 Å². The van der Waals surface area contributed by atoms with E-state index >= 15 is 0 Å². The van der Waals surface area contributed by atoms with Gasteiger partial charge in [0.05, 0.1) is 18.2 Å². The first-order valence-electron chi connectivity index (χ1n) is 11.1. The lowest BCUT2D eigenvalue weighted by molar-refractivity contribution is -0.138. The fourth-order valence-electron chi connectivity index (χ4n) is 3.97. The lowest BCUT2D eigenvalue weighted by atomic mass is 10.1. The van der Waals surface area contributed by atoms with Gasteiger partial charge in [0.1, 0.15) is 6.26 Å². The van der Waals surface area contributed by atoms with Crippen molar-refractivity contribution in [2.45, 2.75) is 44.8 Å². The molecule has 1 amide bonds. The maximum Gasteiger partial charge on any atom is 0.416 e. The minimum absolute atomic E-state index is 0.00499. The first-order valence-corrected chi connectivity index (χ1v) is 11.1. The minimum Gasteiger partial charge on any atom is -0.447 e. The summed E-state index contributed by atoms with van der Waals surface area (Å²) in [5.41, 5.74) is 0.554. The molecule has 1 atom stereocenters. The van der Waals surface area contributed by atoms with Crippen molar-refractivity contribution in [2.24, 2.45) is 0 Å². The van der Waals surface area contributed by atoms with Gasteiger partial charge in [0.25, 0.3) is 5.91 Å². The van der Waals surface area contributed by atoms with E-state index in [2.05, 4.69) is 10.3 Å². The molecule has 34 heavy (non-hydrogen) atoms. The molecule has 1 N–H and O–H groups in total. The molecule has 0 saturated carbocycles. The number of ether oxygens (including phenoxy) is 1. The first kappa shape index (κ1) is 24.0. The number of alkyl halides is 3. The molecule has 1 aliphatic rings. The monoisotopic (exact) mass is 473 g/mol. The number of nitrogens with one attached hydrogen (secondary N) is 1. The second kappa shape index (κ2) is 10.8. The number of carbonyl (C=O) groups excluding carboxylic acids is 1. The van der Waals surface area contributed by atoms with Crippen LogP contribution >= 0.6 is 0 Å². The van der Waals surface area contributed by atoms with Gasteiger partial charge in [0.15, 0.2) is 5.69 Å². The summed E-state index contributed by atoms with van der Waals surface area (Å²) in [7, 11) is 0. The van der Waals surface area contributed by atoms with Crippen LogP contribution in [-0.2, 0) is 30.5 Å². The molecule has 4 rings (SSSR count). The smallest absolute Gasteiger partial charge is 0.416 e. The van der Waals surface area contributed by atoms with E-state index < -0.39 is 11.7 Å². The van der Waals surface area contributed by atoms with Crippen LogP contribution in [-0.4, -0.2) is 35.0 Å². The molecular weight excluding hydrogens is 447 g/mol. The molecule has 2 heterocycles. The molecule has 3 aromatic rings. The molecule has 0 aliphatic carbocycles. The van der Waals surface area contributed by atoms with E-state index in [1.54, 1.807) is 11.0 Å². The summed E-state index contributed by atoms with van der Waals surface area (Å²) in [6.45, 7) is 1.66. The molecule has 1 fully saturated rings. The number of oxazole rings is 1. The van der Waals surface area contributed by atoms with Crippen molar-refractivity contribution >= 4 is 5.91 Å². The van der Waals surface area contributed by atoms with Crippen molar-refractivity contribution in [1.82, 2.24) is 15.2 Å². The number of nitrogens with zero attached hydrogens (tertiary/aromatic N) is 2. The Kier molecular flexibility index (Phi) is 7.64. The fourth-order valence-corrected chi connectivity index (χ4v) is 3.97. The Bertz CT molecular complexity index is 1080. The van der Waals surface area contributed by atoms with Gasteiger partial charge in [0, 0.05) is 26.2 Å². The number of hydrogen-bond donors (Lipinski definition) is 1. The van der Waals surface area contributed by atoms with Crippen LogP contribution in [0.15, 0.2) is 65.3 Å². The summed E-state index contributed by atoms with van der Waals surface area (Å²) in [6.07, 6.45) is -1.30. The second-order valence-corrected chi connectivity index (χ2v) is 8.26. The van der Waals surface area contributed by atoms with Crippen LogP contribution in [0, 0.1) is 0 Å². The van der Waals surface area contributed by atoms with Crippen molar-refractivity contribution in [3.05, 3.63) is 89.1 Å². The SMILES string of the molecule is O=C(NC[C@@H]1CCCO1)c1coc(CN(Cc2ccccc2)Cc2ccccc2C(F)(F)F)n1. The number of hydrogen-bond acceptors (Lipinski definition) is 5. The summed E-state index contributed by atoms with van der Waals surface area (Å²) in [5, 5.41) is 2.79. The quantitative estimate of drug-likeness (QED) is 0.483. The molecule has 180 valence electrons. The molecule has 1 aromatic heterocycles. The average Bonchev–Trinajstić information content (AvgIpc) is 3.50. The zero-order valence-electron chi connectivity index (χ0n) is 18.6. The third-order valence-electron chi connectivity index (χ3n) is 5.62. The van der Waals surface area contributed by atoms with Crippen LogP contribution in [0.2, 0.25) is 0 Å². The predicted octanol–water partition coefficient (Wildman–Crippen LogP) is 4.80. The molecule has 0 unspecified atom stereocenters. The number of benzene rings is 2. The van der Waals surface area contributed by atoms with E-state index in [0.717, 1.165) is 24.5 Å². The standard InChI is InChI=1S/C25H26F3N3O3/c26-25(27,28)21-11-5-4-9-19(21)15-31(14-18-7-2-1-3-8-18)16-23-30-22(17-34-23)24(32)29-13-20-10-6-12-33-20/h1-5,7-9,11,17,20H,6,10,12-16H2,(H,29,32)/t20-/m0/s1. The topological polar surface area (TPSA) is 67.6 Å². The molecule has 0 bridgehead atoms. The van der Waals surface area contributed by atoms with Crippen LogP contribution < -0.4 is 5.32 Å². The largest absolute Gasteiger partial charge is 0.447 e. The van der Waals surface area contributed by atoms with E-state index in [9.17, 15) is 18.0 Å². The average molecular weight is 473 g/mol. The lowest BCUT2D eigenvalue weighted by Gasteiger charge is -2.23. The number of amides is 1. The molecule has 2 aromatic carbocycles. The van der Waals surface area contributed by atoms with Gasteiger partial charge in [-0.2, -0.15) is 13.2 Å². The Hall–Kier alpha value is -3.17. The Morgan fingerprint density at radius 3 is 2.56 bits per heavy atom. The van der Waals surface area contributed by atoms with Crippen molar-refractivity contribution in [1.29, 1.82) is 0 Å². The highest BCUT2D eigenvalue weighted by molar-refractivity contribution is 5.91. The van der Waals surface area contributed by atoms with E-state index in [0.29, 0.717) is 19.7 Å². The van der Waals surface area contributed by atoms with E-state index in [1.165, 1.54) is 18.4 Å². The molecule has 0 radical (unpaired) electrons. The lowest BCUT2D eigenvalue weighted by Crippen LogP contribution is -2.32. The summed E-state index contributed by atoms with van der Waals surface area (Å²) in [4.78, 5) is 18.5. The predicted molar refractivity (Wildman–Crippen MR) is 119 cm³/mol. The van der Waals surface area contributed by atoms with Gasteiger partial charge in [0.2, 0.25) is 5.89 Å². The van der Waals surface area contributed by atoms with Gasteiger partial charge in [-0.1, -0.05) is 48.5 Å². The minimum atomic E-state index is -4.45. The summed E-state index contributed by atoms with van der Waals surface area (Å²) in [5.74, 6) is -0.120. The van der Waals surface area contributed by atoms with E-state index in [1.807, 2.05) is 30.3 Å². The third kappa shape index (κ3) is 6.45. The summed E-state index contributed by atoms with van der Waals surface area (Å²) < 4.78 is 51.6. The van der Waals surface area contributed by atoms with Gasteiger partial charge in [-0.05, 0) is 30.0 Å². The normalized spacial score (nSPS) is 16.2. The highest BCUT2D eigenvalue weighted by Crippen LogP contribution is 2.32. The maximum absolute atomic E-state index is 13.5. The Morgan fingerprint density at radius 1 is 1.06 bits per heavy atom. The zero-order chi connectivity index (χ0) is 24.0. The third-order valence-corrected chi connectivity index (χ3v) is 5.62. The van der Waals surface area contributed by atoms with Gasteiger partial charge in [-0.15, -0.1) is 0 Å². The van der Waals surface area contributed by atoms with E-state index in [-0.39, 0.29) is 42.2 Å². The van der Waals surface area contributed by atoms with Crippen LogP contribution in [0.3, 0.4) is 0 Å². The fraction of sp³-hybridized carbons (Fsp3) is 0.360. The second-order valence-electron chi connectivity index (χ2n) is 8.26. The molecular formula is C25H26F3N3O3.